The van der Waals surface area contributed by atoms with Gasteiger partial charge in [-0.2, -0.15) is 0 Å². The number of allylic oxidation sites excluding steroid dienone is 1. The van der Waals surface area contributed by atoms with Gasteiger partial charge in [-0.1, -0.05) is 95.5 Å². The number of carbonyl (C=O) groups excluding carboxylic acids is 1. The fraction of sp³-hybridized carbons (Fsp3) is 0.483. The highest BCUT2D eigenvalue weighted by Gasteiger charge is 2.32. The van der Waals surface area contributed by atoms with Gasteiger partial charge in [-0.3, -0.25) is 4.79 Å². The number of ketones is 1. The number of hydrogen-bond acceptors (Lipinski definition) is 1. The molecular weight excluding hydrogens is 364 g/mol. The Hall–Kier alpha value is -2.15. The largest absolute Gasteiger partial charge is 0.294 e. The van der Waals surface area contributed by atoms with Crippen molar-refractivity contribution >= 4 is 11.9 Å². The van der Waals surface area contributed by atoms with Gasteiger partial charge in [-0.25, -0.2) is 0 Å². The molecule has 2 aromatic rings. The number of aryl methyl sites for hydroxylation is 1. The minimum atomic E-state index is 0.187. The summed E-state index contributed by atoms with van der Waals surface area (Å²) in [5.74, 6) is 1.33. The van der Waals surface area contributed by atoms with E-state index in [9.17, 15) is 4.79 Å². The molecule has 0 heterocycles. The van der Waals surface area contributed by atoms with Crippen LogP contribution in [0.2, 0.25) is 0 Å². The Morgan fingerprint density at radius 3 is 2.13 bits per heavy atom. The molecular formula is C29H38O. The van der Waals surface area contributed by atoms with Gasteiger partial charge >= 0.3 is 0 Å². The second-order valence-corrected chi connectivity index (χ2v) is 9.42. The molecule has 0 N–H and O–H groups in total. The van der Waals surface area contributed by atoms with E-state index in [1.54, 1.807) is 0 Å². The van der Waals surface area contributed by atoms with Crippen molar-refractivity contribution in [1.82, 2.24) is 0 Å². The third kappa shape index (κ3) is 5.72. The minimum Gasteiger partial charge on any atom is -0.294 e. The van der Waals surface area contributed by atoms with Gasteiger partial charge in [0.05, 0.1) is 0 Å². The summed E-state index contributed by atoms with van der Waals surface area (Å²) in [6.07, 6.45) is 10.7. The molecule has 0 radical (unpaired) electrons. The van der Waals surface area contributed by atoms with Crippen molar-refractivity contribution in [3.63, 3.8) is 0 Å². The predicted molar refractivity (Wildman–Crippen MR) is 129 cm³/mol. The first-order valence-corrected chi connectivity index (χ1v) is 11.9. The fourth-order valence-corrected chi connectivity index (χ4v) is 4.59. The first-order chi connectivity index (χ1) is 14.5. The first kappa shape index (κ1) is 22.5. The smallest absolute Gasteiger partial charge is 0.162 e. The van der Waals surface area contributed by atoms with Crippen molar-refractivity contribution < 1.29 is 4.79 Å². The second-order valence-electron chi connectivity index (χ2n) is 9.42. The zero-order valence-electron chi connectivity index (χ0n) is 19.3. The summed E-state index contributed by atoms with van der Waals surface area (Å²) >= 11 is 0. The molecule has 0 spiro atoms. The molecule has 1 fully saturated rings. The van der Waals surface area contributed by atoms with Crippen molar-refractivity contribution in [3.05, 3.63) is 65.2 Å². The van der Waals surface area contributed by atoms with Crippen LogP contribution in [-0.2, 0) is 11.2 Å². The Morgan fingerprint density at radius 1 is 0.900 bits per heavy atom. The van der Waals surface area contributed by atoms with E-state index in [-0.39, 0.29) is 5.92 Å². The van der Waals surface area contributed by atoms with E-state index in [1.165, 1.54) is 48.8 Å². The molecule has 0 saturated heterocycles. The molecule has 0 amide bonds. The first-order valence-electron chi connectivity index (χ1n) is 11.9. The van der Waals surface area contributed by atoms with Gasteiger partial charge in [0.2, 0.25) is 0 Å². The number of unbranched alkanes of at least 4 members (excludes halogenated alkanes) is 3. The van der Waals surface area contributed by atoms with Gasteiger partial charge in [0.1, 0.15) is 0 Å². The molecule has 30 heavy (non-hydrogen) atoms. The summed E-state index contributed by atoms with van der Waals surface area (Å²) in [4.78, 5) is 12.9. The van der Waals surface area contributed by atoms with Crippen LogP contribution < -0.4 is 0 Å². The number of carbonyl (C=O) groups is 1. The van der Waals surface area contributed by atoms with Crippen LogP contribution in [0, 0.1) is 17.8 Å². The maximum atomic E-state index is 12.9. The van der Waals surface area contributed by atoms with Crippen LogP contribution in [0.4, 0.5) is 0 Å². The van der Waals surface area contributed by atoms with Crippen LogP contribution in [0.3, 0.4) is 0 Å². The van der Waals surface area contributed by atoms with Gasteiger partial charge in [0.15, 0.2) is 5.78 Å². The van der Waals surface area contributed by atoms with E-state index < -0.39 is 0 Å². The SMILES string of the molecule is CCCCCCc1ccc(-c2ccc(/C=C3\C(=O)C(C(C)C)CCC3C)cc2)cc1. The van der Waals surface area contributed by atoms with Crippen molar-refractivity contribution in [2.75, 3.05) is 0 Å². The summed E-state index contributed by atoms with van der Waals surface area (Å²) in [5.41, 5.74) is 6.07. The van der Waals surface area contributed by atoms with Crippen molar-refractivity contribution in [2.24, 2.45) is 17.8 Å². The number of Topliss-reactive ketones (excluding diaryl/α,β-unsaturated/α-hetero) is 1. The lowest BCUT2D eigenvalue weighted by atomic mass is 9.73. The van der Waals surface area contributed by atoms with E-state index >= 15 is 0 Å². The van der Waals surface area contributed by atoms with Crippen LogP contribution in [0.5, 0.6) is 0 Å². The molecule has 1 aliphatic carbocycles. The molecule has 2 unspecified atom stereocenters. The van der Waals surface area contributed by atoms with Gasteiger partial charge in [0.25, 0.3) is 0 Å². The molecule has 0 bridgehead atoms. The van der Waals surface area contributed by atoms with E-state index in [0.717, 1.165) is 24.0 Å². The quantitative estimate of drug-likeness (QED) is 0.322. The molecule has 2 aromatic carbocycles. The topological polar surface area (TPSA) is 17.1 Å². The molecule has 0 aromatic heterocycles. The zero-order chi connectivity index (χ0) is 21.5. The third-order valence-electron chi connectivity index (χ3n) is 6.71. The highest BCUT2D eigenvalue weighted by molar-refractivity contribution is 6.02. The number of benzene rings is 2. The third-order valence-corrected chi connectivity index (χ3v) is 6.71. The monoisotopic (exact) mass is 402 g/mol. The Balaban J connectivity index is 1.68. The molecule has 1 heteroatoms. The Bertz CT molecular complexity index is 839. The van der Waals surface area contributed by atoms with Gasteiger partial charge in [-0.15, -0.1) is 0 Å². The average molecular weight is 403 g/mol. The van der Waals surface area contributed by atoms with E-state index in [4.69, 9.17) is 0 Å². The molecule has 160 valence electrons. The summed E-state index contributed by atoms with van der Waals surface area (Å²) in [6.45, 7) is 8.79. The lowest BCUT2D eigenvalue weighted by molar-refractivity contribution is -0.122. The Morgan fingerprint density at radius 2 is 1.53 bits per heavy atom. The number of rotatable bonds is 8. The standard InChI is InChI=1S/C29H38O/c1-5-6-7-8-9-23-11-15-25(16-12-23)26-17-13-24(14-18-26)20-28-22(4)10-19-27(21(2)3)29(28)30/h11-18,20-22,27H,5-10,19H2,1-4H3/b28-20-. The van der Waals surface area contributed by atoms with Gasteiger partial charge in [0, 0.05) is 5.92 Å². The molecule has 1 nitrogen and oxygen atoms in total. The Labute approximate surface area is 183 Å². The van der Waals surface area contributed by atoms with E-state index in [2.05, 4.69) is 82.3 Å². The normalized spacial score (nSPS) is 20.8. The average Bonchev–Trinajstić information content (AvgIpc) is 2.75. The van der Waals surface area contributed by atoms with Crippen LogP contribution >= 0.6 is 0 Å². The fourth-order valence-electron chi connectivity index (χ4n) is 4.59. The van der Waals surface area contributed by atoms with Gasteiger partial charge < -0.3 is 0 Å². The zero-order valence-corrected chi connectivity index (χ0v) is 19.3. The maximum absolute atomic E-state index is 12.9. The minimum absolute atomic E-state index is 0.187. The summed E-state index contributed by atoms with van der Waals surface area (Å²) < 4.78 is 0. The van der Waals surface area contributed by atoms with Crippen molar-refractivity contribution in [2.45, 2.75) is 72.6 Å². The van der Waals surface area contributed by atoms with E-state index in [0.29, 0.717) is 17.6 Å². The molecule has 1 saturated carbocycles. The van der Waals surface area contributed by atoms with Gasteiger partial charge in [-0.05, 0) is 71.4 Å². The molecule has 0 aliphatic heterocycles. The lowest BCUT2D eigenvalue weighted by Gasteiger charge is -2.30. The highest BCUT2D eigenvalue weighted by Crippen LogP contribution is 2.35. The van der Waals surface area contributed by atoms with Crippen LogP contribution in [0.1, 0.15) is 77.3 Å². The number of hydrogen-bond donors (Lipinski definition) is 0. The summed E-state index contributed by atoms with van der Waals surface area (Å²) in [5, 5.41) is 0. The van der Waals surface area contributed by atoms with Crippen molar-refractivity contribution in [1.29, 1.82) is 0 Å². The lowest BCUT2D eigenvalue weighted by Crippen LogP contribution is -2.30. The summed E-state index contributed by atoms with van der Waals surface area (Å²) in [6, 6.07) is 17.7. The predicted octanol–water partition coefficient (Wildman–Crippen LogP) is 8.13. The van der Waals surface area contributed by atoms with E-state index in [1.807, 2.05) is 0 Å². The van der Waals surface area contributed by atoms with Crippen LogP contribution in [0.15, 0.2) is 54.1 Å². The summed E-state index contributed by atoms with van der Waals surface area (Å²) in [7, 11) is 0. The second kappa shape index (κ2) is 10.8. The van der Waals surface area contributed by atoms with Crippen LogP contribution in [-0.4, -0.2) is 5.78 Å². The molecule has 1 aliphatic rings. The molecule has 2 atom stereocenters. The molecule has 3 rings (SSSR count). The van der Waals surface area contributed by atoms with Crippen LogP contribution in [0.25, 0.3) is 17.2 Å². The van der Waals surface area contributed by atoms with Crippen molar-refractivity contribution in [3.8, 4) is 11.1 Å². The Kier molecular flexibility index (Phi) is 8.08. The maximum Gasteiger partial charge on any atom is 0.162 e. The highest BCUT2D eigenvalue weighted by atomic mass is 16.1.